The molecule has 6 N–H and O–H groups in total. The minimum absolute atomic E-state index is 0.0699. The molecule has 20 nitrogen and oxygen atoms in total. The number of phenols is 2. The van der Waals surface area contributed by atoms with Crippen molar-refractivity contribution in [3.8, 4) is 11.5 Å². The summed E-state index contributed by atoms with van der Waals surface area (Å²) in [6.07, 6.45) is -5.00. The summed E-state index contributed by atoms with van der Waals surface area (Å²) >= 11 is 0. The van der Waals surface area contributed by atoms with Gasteiger partial charge in [-0.25, -0.2) is 35.9 Å². The van der Waals surface area contributed by atoms with E-state index in [1.807, 2.05) is 0 Å². The number of carbonyl (C=O) groups is 6. The summed E-state index contributed by atoms with van der Waals surface area (Å²) in [7, 11) is -3.72. The lowest BCUT2D eigenvalue weighted by atomic mass is 10.0. The topological polar surface area (TPSA) is 284 Å². The highest BCUT2D eigenvalue weighted by atomic mass is 32.2. The lowest BCUT2D eigenvalue weighted by molar-refractivity contribution is -0.138. The second-order valence-corrected chi connectivity index (χ2v) is 14.7. The Morgan fingerprint density at radius 1 is 0.714 bits per heavy atom. The second kappa shape index (κ2) is 16.6. The summed E-state index contributed by atoms with van der Waals surface area (Å²) < 4.78 is 100. The van der Waals surface area contributed by atoms with Gasteiger partial charge < -0.3 is 40.1 Å². The van der Waals surface area contributed by atoms with Crippen LogP contribution in [0, 0.1) is 0 Å². The molecule has 0 fully saturated rings. The van der Waals surface area contributed by atoms with E-state index in [1.165, 1.54) is 55.8 Å². The van der Waals surface area contributed by atoms with Crippen LogP contribution in [0.15, 0.2) is 51.5 Å². The van der Waals surface area contributed by atoms with Gasteiger partial charge >= 0.3 is 18.1 Å². The van der Waals surface area contributed by atoms with E-state index >= 15 is 0 Å². The number of carbonyl (C=O) groups excluding carboxylic acids is 6. The van der Waals surface area contributed by atoms with Crippen LogP contribution < -0.4 is 20.1 Å². The molecule has 25 heteroatoms. The number of rotatable bonds is 10. The number of phenolic OH excluding ortho intramolecular Hbond substituents is 2. The number of amides is 4. The van der Waals surface area contributed by atoms with Gasteiger partial charge in [-0.3, -0.25) is 19.2 Å². The normalized spacial score (nSPS) is 15.5. The van der Waals surface area contributed by atoms with Crippen LogP contribution in [0.25, 0.3) is 0 Å². The number of hydrogen-bond donors (Lipinski definition) is 6. The number of esters is 2. The Morgan fingerprint density at radius 2 is 1.14 bits per heavy atom. The zero-order chi connectivity index (χ0) is 42.7. The first-order chi connectivity index (χ1) is 25.8. The maximum Gasteiger partial charge on any atom is 0.417 e. The Hall–Kier alpha value is -6.37. The number of benzene rings is 2. The van der Waals surface area contributed by atoms with Crippen molar-refractivity contribution in [2.24, 2.45) is 0 Å². The Kier molecular flexibility index (Phi) is 13.0. The largest absolute Gasteiger partial charge is 0.505 e. The number of alkyl halides is 3. The molecule has 4 rings (SSSR count). The minimum Gasteiger partial charge on any atom is -0.505 e. The van der Waals surface area contributed by atoms with Crippen molar-refractivity contribution in [1.82, 2.24) is 19.2 Å². The maximum atomic E-state index is 13.3. The molecule has 304 valence electrons. The molecule has 4 amide bonds. The minimum atomic E-state index is -5.00. The van der Waals surface area contributed by atoms with Crippen LogP contribution >= 0.6 is 0 Å². The van der Waals surface area contributed by atoms with Crippen molar-refractivity contribution in [2.45, 2.75) is 20.0 Å². The zero-order valence-corrected chi connectivity index (χ0v) is 31.6. The van der Waals surface area contributed by atoms with Gasteiger partial charge in [-0.2, -0.15) is 13.2 Å². The van der Waals surface area contributed by atoms with Crippen molar-refractivity contribution in [3.63, 3.8) is 0 Å². The van der Waals surface area contributed by atoms with Crippen LogP contribution in [-0.2, 0) is 54.9 Å². The third kappa shape index (κ3) is 9.11. The molecule has 2 aliphatic rings. The van der Waals surface area contributed by atoms with Crippen molar-refractivity contribution in [1.29, 1.82) is 0 Å². The molecule has 0 radical (unpaired) electrons. The molecule has 0 saturated carbocycles. The molecule has 0 aliphatic carbocycles. The first kappa shape index (κ1) is 44.0. The lowest BCUT2D eigenvalue weighted by Gasteiger charge is -2.19. The third-order valence-corrected chi connectivity index (χ3v) is 9.84. The van der Waals surface area contributed by atoms with Gasteiger partial charge in [-0.05, 0) is 38.1 Å². The van der Waals surface area contributed by atoms with Gasteiger partial charge in [0.2, 0.25) is 9.81 Å². The van der Waals surface area contributed by atoms with E-state index in [4.69, 9.17) is 0 Å². The molecule has 0 saturated heterocycles. The number of ether oxygens (including phenoxy) is 2. The standard InChI is InChI=1S/C16H16F3N3O7S.C15H17N3O7S/c1-4-29-15(26)12-10(13(24)21-30(12,27)28)20-8-6-5-7(16(17,18)19)9(11(8)23)14(25)22(2)3;1-4-25-15(22)12-10(13(20)17-26(12,23)24)16-9-7-5-6-8(11(9)19)14(21)18(2)3/h5-6,20,23H,4H2,1-3H3,(H,21,24);5-7,16,19H,4H2,1-3H3,(H,17,20). The van der Waals surface area contributed by atoms with Crippen molar-refractivity contribution in [3.05, 3.63) is 68.2 Å². The van der Waals surface area contributed by atoms with E-state index in [2.05, 4.69) is 20.1 Å². The summed E-state index contributed by atoms with van der Waals surface area (Å²) in [6, 6.07) is 5.23. The van der Waals surface area contributed by atoms with Gasteiger partial charge in [0.25, 0.3) is 43.7 Å². The number of anilines is 2. The number of aromatic hydroxyl groups is 2. The van der Waals surface area contributed by atoms with E-state index in [1.54, 1.807) is 4.72 Å². The number of hydrogen-bond acceptors (Lipinski definition) is 16. The highest BCUT2D eigenvalue weighted by molar-refractivity contribution is 7.95. The van der Waals surface area contributed by atoms with Crippen LogP contribution in [-0.4, -0.2) is 114 Å². The summed E-state index contributed by atoms with van der Waals surface area (Å²) in [5.41, 5.74) is -4.87. The quantitative estimate of drug-likeness (QED) is 0.140. The smallest absolute Gasteiger partial charge is 0.417 e. The first-order valence-electron chi connectivity index (χ1n) is 15.5. The van der Waals surface area contributed by atoms with Gasteiger partial charge in [0, 0.05) is 28.2 Å². The number of halogens is 3. The molecule has 0 bridgehead atoms. The average Bonchev–Trinajstić information content (AvgIpc) is 3.45. The molecule has 0 atom stereocenters. The molecular weight excluding hydrogens is 801 g/mol. The average molecular weight is 835 g/mol. The first-order valence-corrected chi connectivity index (χ1v) is 18.5. The SMILES string of the molecule is CCOC(=O)C1=C(Nc2ccc(C(F)(F)F)c(C(=O)N(C)C)c2O)C(=O)NS1(=O)=O.CCOC(=O)C1=C(Nc2cccc(C(=O)N(C)C)c2O)C(=O)NS1(=O)=O. The van der Waals surface area contributed by atoms with E-state index < -0.39 is 111 Å². The molecule has 2 aromatic carbocycles. The molecule has 0 aromatic heterocycles. The van der Waals surface area contributed by atoms with Gasteiger partial charge in [0.1, 0.15) is 11.4 Å². The van der Waals surface area contributed by atoms with E-state index in [0.29, 0.717) is 12.1 Å². The number of para-hydroxylation sites is 1. The van der Waals surface area contributed by atoms with Gasteiger partial charge in [0.05, 0.1) is 41.3 Å². The zero-order valence-electron chi connectivity index (χ0n) is 29.9. The van der Waals surface area contributed by atoms with E-state index in [9.17, 15) is 69.0 Å². The predicted molar refractivity (Wildman–Crippen MR) is 186 cm³/mol. The van der Waals surface area contributed by atoms with Crippen LogP contribution in [0.4, 0.5) is 24.5 Å². The van der Waals surface area contributed by atoms with Gasteiger partial charge in [-0.15, -0.1) is 0 Å². The summed E-state index contributed by atoms with van der Waals surface area (Å²) in [5.74, 6) is -8.41. The Morgan fingerprint density at radius 3 is 1.54 bits per heavy atom. The summed E-state index contributed by atoms with van der Waals surface area (Å²) in [4.78, 5) is 72.2. The van der Waals surface area contributed by atoms with Gasteiger partial charge in [0.15, 0.2) is 11.5 Å². The number of nitrogens with zero attached hydrogens (tertiary/aromatic N) is 2. The fourth-order valence-corrected chi connectivity index (χ4v) is 6.94. The monoisotopic (exact) mass is 834 g/mol. The van der Waals surface area contributed by atoms with E-state index in [-0.39, 0.29) is 24.5 Å². The van der Waals surface area contributed by atoms with Crippen LogP contribution in [0.1, 0.15) is 40.1 Å². The van der Waals surface area contributed by atoms with Crippen LogP contribution in [0.5, 0.6) is 11.5 Å². The molecular formula is C31H33F3N6O14S2. The third-order valence-electron chi connectivity index (χ3n) is 7.12. The van der Waals surface area contributed by atoms with Crippen molar-refractivity contribution in [2.75, 3.05) is 52.0 Å². The molecule has 56 heavy (non-hydrogen) atoms. The highest BCUT2D eigenvalue weighted by Crippen LogP contribution is 2.41. The maximum absolute atomic E-state index is 13.3. The van der Waals surface area contributed by atoms with Crippen molar-refractivity contribution >= 4 is 67.0 Å². The summed E-state index contributed by atoms with van der Waals surface area (Å²) in [5, 5.41) is 25.1. The Labute approximate surface area is 316 Å². The predicted octanol–water partition coefficient (Wildman–Crippen LogP) is 0.499. The fraction of sp³-hybridized carbons (Fsp3) is 0.290. The Bertz CT molecular complexity index is 2300. The molecule has 0 unspecified atom stereocenters. The highest BCUT2D eigenvalue weighted by Gasteiger charge is 2.44. The second-order valence-electron chi connectivity index (χ2n) is 11.5. The number of sulfonamides is 2. The summed E-state index contributed by atoms with van der Waals surface area (Å²) in [6.45, 7) is 2.53. The van der Waals surface area contributed by atoms with E-state index in [0.717, 1.165) is 19.0 Å². The van der Waals surface area contributed by atoms with Gasteiger partial charge in [-0.1, -0.05) is 6.07 Å². The lowest BCUT2D eigenvalue weighted by Crippen LogP contribution is -2.26. The fourth-order valence-electron chi connectivity index (χ4n) is 4.66. The van der Waals surface area contributed by atoms with Crippen LogP contribution in [0.3, 0.4) is 0 Å². The van der Waals surface area contributed by atoms with Crippen molar-refractivity contribution < 1.29 is 78.5 Å². The molecule has 2 heterocycles. The molecule has 2 aromatic rings. The van der Waals surface area contributed by atoms with Crippen LogP contribution in [0.2, 0.25) is 0 Å². The Balaban J connectivity index is 0.000000303. The number of nitrogens with one attached hydrogen (secondary N) is 4. The molecule has 0 spiro atoms. The molecule has 2 aliphatic heterocycles.